The minimum atomic E-state index is 0.0671. The predicted octanol–water partition coefficient (Wildman–Crippen LogP) is 4.14. The van der Waals surface area contributed by atoms with E-state index >= 15 is 0 Å². The summed E-state index contributed by atoms with van der Waals surface area (Å²) in [4.78, 5) is 19.2. The Labute approximate surface area is 178 Å². The van der Waals surface area contributed by atoms with E-state index in [1.165, 1.54) is 11.8 Å². The summed E-state index contributed by atoms with van der Waals surface area (Å²) in [5.41, 5.74) is 2.85. The highest BCUT2D eigenvalue weighted by molar-refractivity contribution is 7.99. The largest absolute Gasteiger partial charge is 0.486 e. The van der Waals surface area contributed by atoms with Crippen molar-refractivity contribution in [2.45, 2.75) is 18.6 Å². The average molecular weight is 432 g/mol. The van der Waals surface area contributed by atoms with E-state index in [0.717, 1.165) is 33.3 Å². The number of amides is 1. The van der Waals surface area contributed by atoms with Crippen LogP contribution in [0.3, 0.4) is 0 Å². The summed E-state index contributed by atoms with van der Waals surface area (Å²) >= 11 is 7.49. The molecule has 0 saturated heterocycles. The van der Waals surface area contributed by atoms with Crippen LogP contribution in [-0.2, 0) is 18.4 Å². The quantitative estimate of drug-likeness (QED) is 0.549. The fourth-order valence-electron chi connectivity index (χ4n) is 3.28. The molecule has 6 nitrogen and oxygen atoms in total. The number of aryl methyl sites for hydroxylation is 1. The minimum Gasteiger partial charge on any atom is -0.486 e. The van der Waals surface area contributed by atoms with E-state index in [4.69, 9.17) is 21.1 Å². The van der Waals surface area contributed by atoms with Gasteiger partial charge in [-0.2, -0.15) is 0 Å². The van der Waals surface area contributed by atoms with Gasteiger partial charge in [0.15, 0.2) is 16.7 Å². The summed E-state index contributed by atoms with van der Waals surface area (Å²) in [7, 11) is 1.95. The van der Waals surface area contributed by atoms with E-state index in [2.05, 4.69) is 4.98 Å². The number of hydrogen-bond donors (Lipinski definition) is 0. The Bertz CT molecular complexity index is 1050. The molecule has 29 heavy (non-hydrogen) atoms. The molecule has 1 amide bonds. The van der Waals surface area contributed by atoms with E-state index in [0.29, 0.717) is 37.1 Å². The maximum atomic E-state index is 12.8. The number of halogens is 1. The van der Waals surface area contributed by atoms with Crippen LogP contribution in [0.4, 0.5) is 0 Å². The molecule has 1 aromatic heterocycles. The van der Waals surface area contributed by atoms with Gasteiger partial charge >= 0.3 is 0 Å². The normalized spacial score (nSPS) is 12.9. The first-order valence-electron chi connectivity index (χ1n) is 9.46. The van der Waals surface area contributed by atoms with Gasteiger partial charge in [-0.15, -0.1) is 0 Å². The van der Waals surface area contributed by atoms with Gasteiger partial charge in [0.05, 0.1) is 16.8 Å². The number of ether oxygens (including phenoxy) is 2. The second-order valence-electron chi connectivity index (χ2n) is 6.76. The number of aromatic nitrogens is 2. The molecule has 1 aliphatic heterocycles. The lowest BCUT2D eigenvalue weighted by Gasteiger charge is -2.23. The second-order valence-corrected chi connectivity index (χ2v) is 8.14. The topological polar surface area (TPSA) is 56.6 Å². The molecule has 0 aliphatic carbocycles. The number of hydrogen-bond acceptors (Lipinski definition) is 5. The zero-order valence-corrected chi connectivity index (χ0v) is 17.9. The highest BCUT2D eigenvalue weighted by Gasteiger charge is 2.17. The van der Waals surface area contributed by atoms with Crippen LogP contribution in [0.5, 0.6) is 11.5 Å². The van der Waals surface area contributed by atoms with Crippen molar-refractivity contribution in [1.29, 1.82) is 0 Å². The van der Waals surface area contributed by atoms with Gasteiger partial charge in [-0.25, -0.2) is 4.98 Å². The van der Waals surface area contributed by atoms with Gasteiger partial charge in [0.25, 0.3) is 0 Å². The average Bonchev–Trinajstić information content (AvgIpc) is 3.04. The first kappa shape index (κ1) is 19.9. The predicted molar refractivity (Wildman–Crippen MR) is 115 cm³/mol. The maximum absolute atomic E-state index is 12.8. The molecule has 0 spiro atoms. The van der Waals surface area contributed by atoms with E-state index in [1.807, 2.05) is 59.8 Å². The van der Waals surface area contributed by atoms with Gasteiger partial charge < -0.3 is 18.9 Å². The Morgan fingerprint density at radius 3 is 2.79 bits per heavy atom. The standard InChI is InChI=1S/C21H22ClN3O3S/c1-3-25(12-14-4-7-18-19(10-14)28-9-8-27-18)20(26)13-29-21-23-16-11-15(22)5-6-17(16)24(21)2/h4-7,10-11H,3,8-9,12-13H2,1-2H3. The van der Waals surface area contributed by atoms with E-state index in [9.17, 15) is 4.79 Å². The number of nitrogens with zero attached hydrogens (tertiary/aromatic N) is 3. The van der Waals surface area contributed by atoms with Gasteiger partial charge in [-0.3, -0.25) is 4.79 Å². The first-order chi connectivity index (χ1) is 14.0. The Morgan fingerprint density at radius 1 is 1.21 bits per heavy atom. The fraction of sp³-hybridized carbons (Fsp3) is 0.333. The SMILES string of the molecule is CCN(Cc1ccc2c(c1)OCCO2)C(=O)CSc1nc2cc(Cl)ccc2n1C. The number of benzene rings is 2. The van der Waals surface area contributed by atoms with E-state index in [-0.39, 0.29) is 5.91 Å². The Balaban J connectivity index is 1.42. The van der Waals surface area contributed by atoms with Crippen LogP contribution in [0.15, 0.2) is 41.6 Å². The highest BCUT2D eigenvalue weighted by atomic mass is 35.5. The smallest absolute Gasteiger partial charge is 0.233 e. The molecule has 0 bridgehead atoms. The minimum absolute atomic E-state index is 0.0671. The molecule has 152 valence electrons. The van der Waals surface area contributed by atoms with Gasteiger partial charge in [0, 0.05) is 25.2 Å². The molecular weight excluding hydrogens is 410 g/mol. The van der Waals surface area contributed by atoms with Crippen LogP contribution in [-0.4, -0.2) is 45.9 Å². The lowest BCUT2D eigenvalue weighted by atomic mass is 10.2. The summed E-state index contributed by atoms with van der Waals surface area (Å²) in [6.07, 6.45) is 0. The summed E-state index contributed by atoms with van der Waals surface area (Å²) in [6, 6.07) is 11.5. The summed E-state index contributed by atoms with van der Waals surface area (Å²) in [5.74, 6) is 1.89. The molecule has 0 atom stereocenters. The monoisotopic (exact) mass is 431 g/mol. The molecule has 4 rings (SSSR count). The van der Waals surface area contributed by atoms with Crippen molar-refractivity contribution in [2.24, 2.45) is 7.05 Å². The molecule has 1 aliphatic rings. The van der Waals surface area contributed by atoms with E-state index in [1.54, 1.807) is 0 Å². The Morgan fingerprint density at radius 2 is 2.00 bits per heavy atom. The number of imidazole rings is 1. The number of carbonyl (C=O) groups excluding carboxylic acids is 1. The number of carbonyl (C=O) groups is 1. The Kier molecular flexibility index (Phi) is 5.87. The van der Waals surface area contributed by atoms with Crippen molar-refractivity contribution >= 4 is 40.3 Å². The molecule has 0 N–H and O–H groups in total. The second kappa shape index (κ2) is 8.55. The number of thioether (sulfide) groups is 1. The third-order valence-electron chi connectivity index (χ3n) is 4.84. The van der Waals surface area contributed by atoms with Crippen molar-refractivity contribution < 1.29 is 14.3 Å². The number of rotatable bonds is 6. The third kappa shape index (κ3) is 4.31. The van der Waals surface area contributed by atoms with Crippen LogP contribution in [0, 0.1) is 0 Å². The van der Waals surface area contributed by atoms with Gasteiger partial charge in [0.1, 0.15) is 13.2 Å². The molecule has 3 aromatic rings. The van der Waals surface area contributed by atoms with Crippen LogP contribution in [0.1, 0.15) is 12.5 Å². The zero-order valence-electron chi connectivity index (χ0n) is 16.4. The highest BCUT2D eigenvalue weighted by Crippen LogP contribution is 2.31. The van der Waals surface area contributed by atoms with Crippen LogP contribution in [0.2, 0.25) is 5.02 Å². The lowest BCUT2D eigenvalue weighted by molar-refractivity contribution is -0.128. The lowest BCUT2D eigenvalue weighted by Crippen LogP contribution is -2.31. The van der Waals surface area contributed by atoms with Crippen molar-refractivity contribution in [1.82, 2.24) is 14.5 Å². The number of fused-ring (bicyclic) bond motifs is 2. The molecular formula is C21H22ClN3O3S. The molecule has 0 radical (unpaired) electrons. The Hall–Kier alpha value is -2.38. The van der Waals surface area contributed by atoms with Crippen LogP contribution >= 0.6 is 23.4 Å². The molecule has 0 unspecified atom stereocenters. The molecule has 8 heteroatoms. The summed E-state index contributed by atoms with van der Waals surface area (Å²) < 4.78 is 13.2. The van der Waals surface area contributed by atoms with Crippen molar-refractivity contribution in [2.75, 3.05) is 25.5 Å². The summed E-state index contributed by atoms with van der Waals surface area (Å²) in [5, 5.41) is 1.45. The van der Waals surface area contributed by atoms with Gasteiger partial charge in [0.2, 0.25) is 5.91 Å². The van der Waals surface area contributed by atoms with Gasteiger partial charge in [-0.1, -0.05) is 29.4 Å². The first-order valence-corrected chi connectivity index (χ1v) is 10.8. The zero-order chi connectivity index (χ0) is 20.4. The van der Waals surface area contributed by atoms with Crippen molar-refractivity contribution in [3.63, 3.8) is 0 Å². The van der Waals surface area contributed by atoms with Crippen LogP contribution < -0.4 is 9.47 Å². The molecule has 0 fully saturated rings. The molecule has 0 saturated carbocycles. The molecule has 2 heterocycles. The van der Waals surface area contributed by atoms with Gasteiger partial charge in [-0.05, 0) is 42.8 Å². The summed E-state index contributed by atoms with van der Waals surface area (Å²) in [6.45, 7) is 4.26. The third-order valence-corrected chi connectivity index (χ3v) is 6.09. The van der Waals surface area contributed by atoms with E-state index < -0.39 is 0 Å². The molecule has 2 aromatic carbocycles. The van der Waals surface area contributed by atoms with Crippen molar-refractivity contribution in [3.05, 3.63) is 47.0 Å². The van der Waals surface area contributed by atoms with Crippen molar-refractivity contribution in [3.8, 4) is 11.5 Å². The van der Waals surface area contributed by atoms with Crippen LogP contribution in [0.25, 0.3) is 11.0 Å². The fourth-order valence-corrected chi connectivity index (χ4v) is 4.34. The maximum Gasteiger partial charge on any atom is 0.233 e.